The Morgan fingerprint density at radius 3 is 1.76 bits per heavy atom. The van der Waals surface area contributed by atoms with E-state index in [-0.39, 0.29) is 48.1 Å². The molecule has 0 saturated heterocycles. The summed E-state index contributed by atoms with van der Waals surface area (Å²) in [6.45, 7) is 33.9. The second kappa shape index (κ2) is 16.5. The maximum Gasteiger partial charge on any atom is 0.135 e. The van der Waals surface area contributed by atoms with Crippen LogP contribution in [0.15, 0.2) is 122 Å². The van der Waals surface area contributed by atoms with Crippen molar-refractivity contribution >= 4 is 33.2 Å². The molecule has 1 aliphatic rings. The van der Waals surface area contributed by atoms with E-state index in [1.807, 2.05) is 12.3 Å². The summed E-state index contributed by atoms with van der Waals surface area (Å²) in [6.07, 6.45) is 6.16. The molecule has 0 saturated carbocycles. The monoisotopic (exact) mass is 1010 g/mol. The van der Waals surface area contributed by atoms with Gasteiger partial charge in [-0.05, 0) is 97.6 Å². The molecule has 330 valence electrons. The van der Waals surface area contributed by atoms with E-state index in [9.17, 15) is 0 Å². The summed E-state index contributed by atoms with van der Waals surface area (Å²) in [7, 11) is 0. The molecule has 0 bridgehead atoms. The Balaban J connectivity index is 0.00000595. The van der Waals surface area contributed by atoms with Crippen LogP contribution in [0.1, 0.15) is 130 Å². The molecule has 0 spiro atoms. The molecule has 0 N–H and O–H groups in total. The molecule has 0 aliphatic carbocycles. The van der Waals surface area contributed by atoms with Gasteiger partial charge in [0.1, 0.15) is 5.82 Å². The molecular weight excluding hydrogens is 952 g/mol. The van der Waals surface area contributed by atoms with Gasteiger partial charge in [-0.25, -0.2) is 4.98 Å². The second-order valence-electron chi connectivity index (χ2n) is 21.8. The van der Waals surface area contributed by atoms with E-state index >= 15 is 0 Å². The fraction of sp³-hybridized carbons (Fsp3) is 0.333. The Hall–Kier alpha value is -5.12. The van der Waals surface area contributed by atoms with Crippen LogP contribution in [0.2, 0.25) is 0 Å². The van der Waals surface area contributed by atoms with Gasteiger partial charge in [0.05, 0.1) is 0 Å². The van der Waals surface area contributed by atoms with Crippen LogP contribution >= 0.6 is 0 Å². The van der Waals surface area contributed by atoms with Crippen LogP contribution in [-0.2, 0) is 48.1 Å². The molecule has 1 aliphatic heterocycles. The normalized spacial score (nSPS) is 13.9. The summed E-state index contributed by atoms with van der Waals surface area (Å²) in [5.41, 5.74) is 11.2. The summed E-state index contributed by atoms with van der Waals surface area (Å²) >= 11 is 0. The number of pyridine rings is 1. The van der Waals surface area contributed by atoms with E-state index in [0.717, 1.165) is 44.6 Å². The van der Waals surface area contributed by atoms with Crippen LogP contribution in [0.5, 0.6) is 11.5 Å². The zero-order valence-electron chi connectivity index (χ0n) is 39.6. The summed E-state index contributed by atoms with van der Waals surface area (Å²) < 4.78 is 9.06. The number of hydrogen-bond acceptors (Lipinski definition) is 4. The number of aromatic nitrogens is 2. The van der Waals surface area contributed by atoms with Crippen molar-refractivity contribution in [3.63, 3.8) is 0 Å². The van der Waals surface area contributed by atoms with Crippen molar-refractivity contribution in [1.82, 2.24) is 9.55 Å². The molecule has 0 fully saturated rings. The van der Waals surface area contributed by atoms with Crippen LogP contribution < -0.4 is 14.5 Å². The fourth-order valence-electron chi connectivity index (χ4n) is 8.19. The minimum absolute atomic E-state index is 0. The Kier molecular flexibility index (Phi) is 12.0. The molecule has 2 aromatic heterocycles. The maximum atomic E-state index is 6.82. The fourth-order valence-corrected chi connectivity index (χ4v) is 8.19. The standard InChI is InChI=1S/C57H63N4O.Pt/c1-53(2,3)39-20-23-50-49(33-39)48-22-21-46(36-51(48)61(50)52-34-40(24-25-58-52)57(13,14)38-18-16-15-17-19-38)62-47-32-43(56(10,11)12)31-45(35-47)60-27-26-59(37-60)44-29-41(54(4,5)6)28-42(30-44)55(7,8)9;/h15-34,37H,1-14H3;/q-3;. The Morgan fingerprint density at radius 1 is 0.508 bits per heavy atom. The van der Waals surface area contributed by atoms with Gasteiger partial charge in [0.2, 0.25) is 0 Å². The molecule has 0 amide bonds. The van der Waals surface area contributed by atoms with Gasteiger partial charge in [0.25, 0.3) is 0 Å². The minimum atomic E-state index is -0.231. The summed E-state index contributed by atoms with van der Waals surface area (Å²) in [6, 6.07) is 44.8. The number of rotatable bonds is 7. The van der Waals surface area contributed by atoms with E-state index in [4.69, 9.17) is 9.72 Å². The third-order valence-electron chi connectivity index (χ3n) is 12.5. The minimum Gasteiger partial charge on any atom is -0.509 e. The molecule has 5 aromatic carbocycles. The van der Waals surface area contributed by atoms with E-state index in [2.05, 4.69) is 240 Å². The van der Waals surface area contributed by atoms with Crippen molar-refractivity contribution < 1.29 is 25.8 Å². The third kappa shape index (κ3) is 9.28. The van der Waals surface area contributed by atoms with E-state index in [1.165, 1.54) is 27.8 Å². The van der Waals surface area contributed by atoms with E-state index < -0.39 is 0 Å². The molecule has 6 heteroatoms. The number of ether oxygens (including phenoxy) is 1. The van der Waals surface area contributed by atoms with Gasteiger partial charge in [-0.1, -0.05) is 151 Å². The quantitative estimate of drug-likeness (QED) is 0.149. The SMILES string of the molecule is CC(C)(C)c1cc(Oc2[c-]c3c(cc2)c2cc(C(C)(C)C)ccc2n3-c2cc(C(C)(C)c3ccccc3)ccn2)[c-]c(N2C=CN(c3cc(C(C)(C)C)cc(C(C)(C)C)c3)[CH-]2)c1.[Pt]. The maximum absolute atomic E-state index is 6.82. The summed E-state index contributed by atoms with van der Waals surface area (Å²) in [5.74, 6) is 2.09. The van der Waals surface area contributed by atoms with Gasteiger partial charge >= 0.3 is 0 Å². The predicted octanol–water partition coefficient (Wildman–Crippen LogP) is 15.0. The molecule has 7 aromatic rings. The molecule has 3 heterocycles. The van der Waals surface area contributed by atoms with Gasteiger partial charge in [-0.2, -0.15) is 6.07 Å². The average molecular weight is 1020 g/mol. The van der Waals surface area contributed by atoms with Crippen LogP contribution in [0.4, 0.5) is 11.4 Å². The topological polar surface area (TPSA) is 33.5 Å². The Bertz CT molecular complexity index is 2790. The number of hydrogen-bond donors (Lipinski definition) is 0. The summed E-state index contributed by atoms with van der Waals surface area (Å²) in [5, 5.41) is 2.26. The molecule has 8 rings (SSSR count). The van der Waals surface area contributed by atoms with Crippen molar-refractivity contribution in [2.45, 2.75) is 124 Å². The first kappa shape index (κ1) is 45.9. The van der Waals surface area contributed by atoms with Gasteiger partial charge in [-0.3, -0.25) is 0 Å². The molecule has 0 radical (unpaired) electrons. The van der Waals surface area contributed by atoms with Gasteiger partial charge < -0.3 is 19.1 Å². The number of anilines is 2. The molecule has 0 atom stereocenters. The van der Waals surface area contributed by atoms with Crippen molar-refractivity contribution in [2.75, 3.05) is 9.80 Å². The Labute approximate surface area is 391 Å². The molecular formula is C57H63N4OPt-3. The van der Waals surface area contributed by atoms with Crippen LogP contribution in [0.3, 0.4) is 0 Å². The van der Waals surface area contributed by atoms with Crippen molar-refractivity contribution in [3.8, 4) is 17.3 Å². The van der Waals surface area contributed by atoms with Crippen LogP contribution in [-0.4, -0.2) is 9.55 Å². The summed E-state index contributed by atoms with van der Waals surface area (Å²) in [4.78, 5) is 9.35. The van der Waals surface area contributed by atoms with Crippen molar-refractivity contribution in [3.05, 3.63) is 174 Å². The number of benzene rings is 5. The van der Waals surface area contributed by atoms with Gasteiger partial charge in [0.15, 0.2) is 0 Å². The van der Waals surface area contributed by atoms with E-state index in [1.54, 1.807) is 0 Å². The van der Waals surface area contributed by atoms with E-state index in [0.29, 0.717) is 11.5 Å². The zero-order valence-corrected chi connectivity index (χ0v) is 41.9. The smallest absolute Gasteiger partial charge is 0.135 e. The first-order valence-electron chi connectivity index (χ1n) is 22.0. The molecule has 5 nitrogen and oxygen atoms in total. The first-order valence-corrected chi connectivity index (χ1v) is 22.0. The van der Waals surface area contributed by atoms with Crippen LogP contribution in [0.25, 0.3) is 27.6 Å². The average Bonchev–Trinajstić information content (AvgIpc) is 3.83. The Morgan fingerprint density at radius 2 is 1.13 bits per heavy atom. The number of fused-ring (bicyclic) bond motifs is 3. The second-order valence-corrected chi connectivity index (χ2v) is 21.8. The zero-order chi connectivity index (χ0) is 44.6. The predicted molar refractivity (Wildman–Crippen MR) is 261 cm³/mol. The van der Waals surface area contributed by atoms with Crippen LogP contribution in [0, 0.1) is 18.8 Å². The third-order valence-corrected chi connectivity index (χ3v) is 12.5. The molecule has 63 heavy (non-hydrogen) atoms. The van der Waals surface area contributed by atoms with Gasteiger partial charge in [-0.15, -0.1) is 53.6 Å². The van der Waals surface area contributed by atoms with Gasteiger partial charge in [0, 0.05) is 55.4 Å². The van der Waals surface area contributed by atoms with Crippen molar-refractivity contribution in [1.29, 1.82) is 0 Å². The molecule has 0 unspecified atom stereocenters. The first-order chi connectivity index (χ1) is 29.0. The van der Waals surface area contributed by atoms with Crippen molar-refractivity contribution in [2.24, 2.45) is 0 Å². The largest absolute Gasteiger partial charge is 0.509 e. The number of nitrogens with zero attached hydrogens (tertiary/aromatic N) is 4.